The number of thiophene rings is 1. The van der Waals surface area contributed by atoms with Crippen molar-refractivity contribution >= 4 is 33.2 Å². The van der Waals surface area contributed by atoms with E-state index >= 15 is 0 Å². The molecular formula is C9H12BrNO2S. The highest BCUT2D eigenvalue weighted by Gasteiger charge is 2.13. The molecule has 0 fully saturated rings. The van der Waals surface area contributed by atoms with E-state index < -0.39 is 0 Å². The molecule has 0 bridgehead atoms. The molecule has 3 nitrogen and oxygen atoms in total. The fourth-order valence-corrected chi connectivity index (χ4v) is 2.47. The quantitative estimate of drug-likeness (QED) is 0.861. The minimum atomic E-state index is -0.259. The lowest BCUT2D eigenvalue weighted by atomic mass is 10.2. The van der Waals surface area contributed by atoms with E-state index in [9.17, 15) is 4.79 Å². The highest BCUT2D eigenvalue weighted by molar-refractivity contribution is 9.10. The summed E-state index contributed by atoms with van der Waals surface area (Å²) in [5.41, 5.74) is 5.83. The Hall–Kier alpha value is -0.390. The Morgan fingerprint density at radius 3 is 3.00 bits per heavy atom. The number of ether oxygens (including phenoxy) is 1. The number of nitrogens with two attached hydrogens (primary N) is 1. The first kappa shape index (κ1) is 11.7. The number of carbonyl (C=O) groups is 1. The van der Waals surface area contributed by atoms with E-state index in [-0.39, 0.29) is 18.4 Å². The molecule has 1 atom stereocenters. The molecule has 2 N–H and O–H groups in total. The molecule has 5 heteroatoms. The number of carbonyl (C=O) groups excluding carboxylic acids is 1. The fourth-order valence-electron chi connectivity index (χ4n) is 1.02. The molecule has 1 aromatic heterocycles. The smallest absolute Gasteiger partial charge is 0.307 e. The molecule has 1 heterocycles. The number of halogens is 1. The van der Waals surface area contributed by atoms with Gasteiger partial charge in [0, 0.05) is 20.8 Å². The molecule has 1 aromatic rings. The van der Waals surface area contributed by atoms with Crippen LogP contribution in [-0.2, 0) is 9.53 Å². The van der Waals surface area contributed by atoms with Gasteiger partial charge in [0.25, 0.3) is 0 Å². The summed E-state index contributed by atoms with van der Waals surface area (Å²) in [7, 11) is 0. The molecule has 14 heavy (non-hydrogen) atoms. The van der Waals surface area contributed by atoms with Crippen LogP contribution >= 0.6 is 27.3 Å². The van der Waals surface area contributed by atoms with Crippen LogP contribution in [0.3, 0.4) is 0 Å². The summed E-state index contributed by atoms with van der Waals surface area (Å²) in [5.74, 6) is -0.246. The van der Waals surface area contributed by atoms with Crippen molar-refractivity contribution in [3.63, 3.8) is 0 Å². The maximum Gasteiger partial charge on any atom is 0.307 e. The first-order valence-electron chi connectivity index (χ1n) is 4.28. The van der Waals surface area contributed by atoms with Crippen LogP contribution in [0.4, 0.5) is 0 Å². The monoisotopic (exact) mass is 277 g/mol. The third-order valence-corrected chi connectivity index (χ3v) is 3.47. The van der Waals surface area contributed by atoms with E-state index in [1.807, 2.05) is 11.4 Å². The number of hydrogen-bond acceptors (Lipinski definition) is 4. The van der Waals surface area contributed by atoms with E-state index in [1.165, 1.54) is 11.3 Å². The summed E-state index contributed by atoms with van der Waals surface area (Å²) in [5, 5.41) is 1.94. The zero-order valence-corrected chi connectivity index (χ0v) is 10.2. The summed E-state index contributed by atoms with van der Waals surface area (Å²) in [6, 6.07) is 1.67. The highest BCUT2D eigenvalue weighted by atomic mass is 79.9. The number of hydrogen-bond donors (Lipinski definition) is 1. The van der Waals surface area contributed by atoms with Gasteiger partial charge in [-0.05, 0) is 28.9 Å². The van der Waals surface area contributed by atoms with Crippen LogP contribution in [0.1, 0.15) is 24.3 Å². The molecule has 0 aliphatic carbocycles. The van der Waals surface area contributed by atoms with Gasteiger partial charge in [-0.15, -0.1) is 11.3 Å². The molecule has 0 aromatic carbocycles. The van der Waals surface area contributed by atoms with Crippen LogP contribution in [0, 0.1) is 0 Å². The Kier molecular flexibility index (Phi) is 4.57. The summed E-state index contributed by atoms with van der Waals surface area (Å²) in [4.78, 5) is 12.1. The predicted octanol–water partition coefficient (Wildman–Crippen LogP) is 2.46. The molecule has 0 aliphatic rings. The molecule has 0 amide bonds. The van der Waals surface area contributed by atoms with Crippen molar-refractivity contribution in [2.24, 2.45) is 5.73 Å². The maximum absolute atomic E-state index is 11.1. The largest absolute Gasteiger partial charge is 0.466 e. The highest BCUT2D eigenvalue weighted by Crippen LogP contribution is 2.26. The van der Waals surface area contributed by atoms with Crippen LogP contribution in [0.5, 0.6) is 0 Å². The van der Waals surface area contributed by atoms with Crippen molar-refractivity contribution in [3.8, 4) is 0 Å². The van der Waals surface area contributed by atoms with Crippen molar-refractivity contribution in [1.29, 1.82) is 0 Å². The first-order valence-corrected chi connectivity index (χ1v) is 5.96. The zero-order chi connectivity index (χ0) is 10.6. The summed E-state index contributed by atoms with van der Waals surface area (Å²) < 4.78 is 5.81. The molecular weight excluding hydrogens is 266 g/mol. The van der Waals surface area contributed by atoms with Gasteiger partial charge < -0.3 is 10.5 Å². The average molecular weight is 278 g/mol. The summed E-state index contributed by atoms with van der Waals surface area (Å²) >= 11 is 4.87. The van der Waals surface area contributed by atoms with Gasteiger partial charge in [-0.1, -0.05) is 0 Å². The van der Waals surface area contributed by atoms with Crippen LogP contribution in [0.15, 0.2) is 15.9 Å². The van der Waals surface area contributed by atoms with Gasteiger partial charge in [-0.2, -0.15) is 0 Å². The van der Waals surface area contributed by atoms with E-state index in [0.717, 1.165) is 9.35 Å². The van der Waals surface area contributed by atoms with Crippen LogP contribution in [-0.4, -0.2) is 12.6 Å². The lowest BCUT2D eigenvalue weighted by Gasteiger charge is -2.07. The second kappa shape index (κ2) is 5.48. The third kappa shape index (κ3) is 3.40. The minimum Gasteiger partial charge on any atom is -0.466 e. The van der Waals surface area contributed by atoms with Gasteiger partial charge in [0.2, 0.25) is 0 Å². The molecule has 0 aliphatic heterocycles. The molecule has 0 radical (unpaired) electrons. The Morgan fingerprint density at radius 2 is 2.50 bits per heavy atom. The summed E-state index contributed by atoms with van der Waals surface area (Å²) in [6.45, 7) is 2.19. The van der Waals surface area contributed by atoms with Crippen molar-refractivity contribution in [2.45, 2.75) is 19.4 Å². The van der Waals surface area contributed by atoms with E-state index in [2.05, 4.69) is 15.9 Å². The molecule has 0 unspecified atom stereocenters. The SMILES string of the molecule is CCOC(=O)C[C@@H](N)c1cc(Br)cs1. The zero-order valence-electron chi connectivity index (χ0n) is 7.83. The third-order valence-electron chi connectivity index (χ3n) is 1.65. The van der Waals surface area contributed by atoms with Gasteiger partial charge in [0.15, 0.2) is 0 Å². The lowest BCUT2D eigenvalue weighted by Crippen LogP contribution is -2.16. The van der Waals surface area contributed by atoms with Crippen molar-refractivity contribution < 1.29 is 9.53 Å². The van der Waals surface area contributed by atoms with E-state index in [0.29, 0.717) is 6.61 Å². The molecule has 0 saturated carbocycles. The van der Waals surface area contributed by atoms with Gasteiger partial charge in [-0.3, -0.25) is 4.79 Å². The normalized spacial score (nSPS) is 12.5. The van der Waals surface area contributed by atoms with Crippen LogP contribution in [0.25, 0.3) is 0 Å². The second-order valence-corrected chi connectivity index (χ2v) is 4.64. The minimum absolute atomic E-state index is 0.237. The van der Waals surface area contributed by atoms with Gasteiger partial charge >= 0.3 is 5.97 Å². The van der Waals surface area contributed by atoms with Crippen LogP contribution in [0.2, 0.25) is 0 Å². The summed E-state index contributed by atoms with van der Waals surface area (Å²) in [6.07, 6.45) is 0.237. The van der Waals surface area contributed by atoms with Gasteiger partial charge in [0.1, 0.15) is 0 Å². The molecule has 1 rings (SSSR count). The van der Waals surface area contributed by atoms with Crippen molar-refractivity contribution in [3.05, 3.63) is 20.8 Å². The van der Waals surface area contributed by atoms with Gasteiger partial charge in [-0.25, -0.2) is 0 Å². The number of esters is 1. The average Bonchev–Trinajstić information content (AvgIpc) is 2.52. The van der Waals surface area contributed by atoms with Gasteiger partial charge in [0.05, 0.1) is 13.0 Å². The number of rotatable bonds is 4. The fraction of sp³-hybridized carbons (Fsp3) is 0.444. The Labute approximate surface area is 95.4 Å². The first-order chi connectivity index (χ1) is 6.63. The van der Waals surface area contributed by atoms with Crippen molar-refractivity contribution in [2.75, 3.05) is 6.61 Å². The van der Waals surface area contributed by atoms with E-state index in [4.69, 9.17) is 10.5 Å². The lowest BCUT2D eigenvalue weighted by molar-refractivity contribution is -0.143. The second-order valence-electron chi connectivity index (χ2n) is 2.78. The predicted molar refractivity (Wildman–Crippen MR) is 60.2 cm³/mol. The maximum atomic E-state index is 11.1. The standard InChI is InChI=1S/C9H12BrNO2S/c1-2-13-9(12)4-7(11)8-3-6(10)5-14-8/h3,5,7H,2,4,11H2,1H3/t7-/m1/s1. The van der Waals surface area contributed by atoms with E-state index in [1.54, 1.807) is 6.92 Å². The topological polar surface area (TPSA) is 52.3 Å². The Bertz CT molecular complexity index is 314. The molecule has 0 spiro atoms. The van der Waals surface area contributed by atoms with Crippen LogP contribution < -0.4 is 5.73 Å². The molecule has 0 saturated heterocycles. The van der Waals surface area contributed by atoms with Crippen molar-refractivity contribution in [1.82, 2.24) is 0 Å². The Morgan fingerprint density at radius 1 is 1.79 bits per heavy atom. The Balaban J connectivity index is 2.50. The molecule has 78 valence electrons.